The molecule has 0 amide bonds. The summed E-state index contributed by atoms with van der Waals surface area (Å²) in [6.07, 6.45) is 5.38. The molecule has 0 atom stereocenters. The highest BCUT2D eigenvalue weighted by Crippen LogP contribution is 2.28. The van der Waals surface area contributed by atoms with Crippen molar-refractivity contribution in [1.82, 2.24) is 10.3 Å². The van der Waals surface area contributed by atoms with Gasteiger partial charge >= 0.3 is 0 Å². The molecule has 1 fully saturated rings. The molecule has 0 saturated heterocycles. The second-order valence-electron chi connectivity index (χ2n) is 7.01. The van der Waals surface area contributed by atoms with Crippen molar-refractivity contribution in [2.24, 2.45) is 5.92 Å². The van der Waals surface area contributed by atoms with E-state index in [0.29, 0.717) is 18.0 Å². The van der Waals surface area contributed by atoms with Crippen LogP contribution in [0.4, 0.5) is 5.82 Å². The summed E-state index contributed by atoms with van der Waals surface area (Å²) >= 11 is 0. The second-order valence-corrected chi connectivity index (χ2v) is 7.01. The van der Waals surface area contributed by atoms with Crippen LogP contribution in [0.1, 0.15) is 59.1 Å². The third-order valence-corrected chi connectivity index (χ3v) is 4.11. The predicted molar refractivity (Wildman–Crippen MR) is 90.7 cm³/mol. The third kappa shape index (κ3) is 4.99. The first-order valence-corrected chi connectivity index (χ1v) is 8.52. The van der Waals surface area contributed by atoms with Gasteiger partial charge in [0.05, 0.1) is 5.69 Å². The Bertz CT molecular complexity index is 422. The van der Waals surface area contributed by atoms with Gasteiger partial charge in [-0.1, -0.05) is 46.6 Å². The first-order chi connectivity index (χ1) is 10.1. The van der Waals surface area contributed by atoms with Crippen molar-refractivity contribution in [2.45, 2.75) is 72.0 Å². The smallest absolute Gasteiger partial charge is 0.129 e. The van der Waals surface area contributed by atoms with E-state index in [4.69, 9.17) is 4.98 Å². The Morgan fingerprint density at radius 1 is 1.19 bits per heavy atom. The molecule has 0 aliphatic heterocycles. The summed E-state index contributed by atoms with van der Waals surface area (Å²) in [5.41, 5.74) is 1.15. The minimum absolute atomic E-state index is 0.497. The molecule has 1 heterocycles. The van der Waals surface area contributed by atoms with E-state index in [2.05, 4.69) is 56.1 Å². The lowest BCUT2D eigenvalue weighted by molar-refractivity contribution is 0.528. The number of rotatable bonds is 7. The summed E-state index contributed by atoms with van der Waals surface area (Å²) in [6.45, 7) is 10.9. The Morgan fingerprint density at radius 2 is 1.90 bits per heavy atom. The highest BCUT2D eigenvalue weighted by atomic mass is 15.2. The van der Waals surface area contributed by atoms with Gasteiger partial charge in [-0.2, -0.15) is 0 Å². The van der Waals surface area contributed by atoms with E-state index in [0.717, 1.165) is 18.8 Å². The van der Waals surface area contributed by atoms with E-state index in [1.54, 1.807) is 0 Å². The number of anilines is 1. The zero-order valence-corrected chi connectivity index (χ0v) is 14.1. The van der Waals surface area contributed by atoms with Gasteiger partial charge in [-0.05, 0) is 30.9 Å². The van der Waals surface area contributed by atoms with E-state index in [1.165, 1.54) is 31.5 Å². The fraction of sp³-hybridized carbons (Fsp3) is 0.722. The summed E-state index contributed by atoms with van der Waals surface area (Å²) in [5, 5.41) is 3.46. The van der Waals surface area contributed by atoms with Crippen molar-refractivity contribution in [3.05, 3.63) is 23.9 Å². The molecule has 0 spiro atoms. The van der Waals surface area contributed by atoms with Crippen molar-refractivity contribution in [3.8, 4) is 0 Å². The molecular formula is C18H31N3. The third-order valence-electron chi connectivity index (χ3n) is 4.11. The zero-order chi connectivity index (χ0) is 15.2. The van der Waals surface area contributed by atoms with Gasteiger partial charge in [0.1, 0.15) is 5.82 Å². The second kappa shape index (κ2) is 7.79. The summed E-state index contributed by atoms with van der Waals surface area (Å²) in [7, 11) is 0. The van der Waals surface area contributed by atoms with Gasteiger partial charge in [0.25, 0.3) is 0 Å². The molecular weight excluding hydrogens is 258 g/mol. The SMILES string of the molecule is CC(C)CN(c1cccc(CNC(C)C)n1)C1CCCC1. The highest BCUT2D eigenvalue weighted by molar-refractivity contribution is 5.41. The zero-order valence-electron chi connectivity index (χ0n) is 14.1. The van der Waals surface area contributed by atoms with Crippen LogP contribution >= 0.6 is 0 Å². The van der Waals surface area contributed by atoms with E-state index < -0.39 is 0 Å². The molecule has 0 radical (unpaired) electrons. The lowest BCUT2D eigenvalue weighted by Crippen LogP contribution is -2.37. The molecule has 21 heavy (non-hydrogen) atoms. The maximum absolute atomic E-state index is 4.91. The molecule has 1 saturated carbocycles. The van der Waals surface area contributed by atoms with Crippen molar-refractivity contribution in [2.75, 3.05) is 11.4 Å². The lowest BCUT2D eigenvalue weighted by atomic mass is 10.1. The minimum atomic E-state index is 0.497. The van der Waals surface area contributed by atoms with E-state index in [9.17, 15) is 0 Å². The first kappa shape index (κ1) is 16.3. The summed E-state index contributed by atoms with van der Waals surface area (Å²) in [4.78, 5) is 7.46. The van der Waals surface area contributed by atoms with Crippen LogP contribution in [0.2, 0.25) is 0 Å². The molecule has 1 N–H and O–H groups in total. The molecule has 1 aromatic rings. The molecule has 0 bridgehead atoms. The lowest BCUT2D eigenvalue weighted by Gasteiger charge is -2.32. The van der Waals surface area contributed by atoms with Crippen LogP contribution < -0.4 is 10.2 Å². The number of aromatic nitrogens is 1. The Kier molecular flexibility index (Phi) is 6.04. The largest absolute Gasteiger partial charge is 0.353 e. The number of nitrogens with one attached hydrogen (secondary N) is 1. The normalized spacial score (nSPS) is 16.1. The molecule has 1 aliphatic rings. The van der Waals surface area contributed by atoms with Gasteiger partial charge in [-0.15, -0.1) is 0 Å². The van der Waals surface area contributed by atoms with Gasteiger partial charge in [0, 0.05) is 25.2 Å². The summed E-state index contributed by atoms with van der Waals surface area (Å²) < 4.78 is 0. The van der Waals surface area contributed by atoms with Crippen LogP contribution in [0, 0.1) is 5.92 Å². The van der Waals surface area contributed by atoms with Crippen molar-refractivity contribution >= 4 is 5.82 Å². The molecule has 118 valence electrons. The van der Waals surface area contributed by atoms with Crippen LogP contribution in [-0.4, -0.2) is 23.6 Å². The maximum Gasteiger partial charge on any atom is 0.129 e. The molecule has 1 aliphatic carbocycles. The van der Waals surface area contributed by atoms with Gasteiger partial charge in [-0.3, -0.25) is 0 Å². The maximum atomic E-state index is 4.91. The molecule has 0 aromatic carbocycles. The van der Waals surface area contributed by atoms with Gasteiger partial charge < -0.3 is 10.2 Å². The Morgan fingerprint density at radius 3 is 2.52 bits per heavy atom. The number of nitrogens with zero attached hydrogens (tertiary/aromatic N) is 2. The quantitative estimate of drug-likeness (QED) is 0.823. The number of hydrogen-bond acceptors (Lipinski definition) is 3. The van der Waals surface area contributed by atoms with Gasteiger partial charge in [0.15, 0.2) is 0 Å². The molecule has 0 unspecified atom stereocenters. The van der Waals surface area contributed by atoms with Crippen LogP contribution in [0.25, 0.3) is 0 Å². The van der Waals surface area contributed by atoms with Crippen molar-refractivity contribution in [3.63, 3.8) is 0 Å². The molecule has 3 nitrogen and oxygen atoms in total. The standard InChI is InChI=1S/C18H31N3/c1-14(2)13-21(17-9-5-6-10-17)18-11-7-8-16(20-18)12-19-15(3)4/h7-8,11,14-15,17,19H,5-6,9-10,12-13H2,1-4H3. The Balaban J connectivity index is 2.12. The highest BCUT2D eigenvalue weighted by Gasteiger charge is 2.24. The fourth-order valence-corrected chi connectivity index (χ4v) is 3.07. The van der Waals surface area contributed by atoms with Crippen LogP contribution in [-0.2, 0) is 6.54 Å². The van der Waals surface area contributed by atoms with Gasteiger partial charge in [0.2, 0.25) is 0 Å². The average molecular weight is 289 g/mol. The van der Waals surface area contributed by atoms with Crippen LogP contribution in [0.5, 0.6) is 0 Å². The predicted octanol–water partition coefficient (Wildman–Crippen LogP) is 3.98. The van der Waals surface area contributed by atoms with Crippen molar-refractivity contribution < 1.29 is 0 Å². The monoisotopic (exact) mass is 289 g/mol. The molecule has 1 aromatic heterocycles. The fourth-order valence-electron chi connectivity index (χ4n) is 3.07. The summed E-state index contributed by atoms with van der Waals surface area (Å²) in [5.74, 6) is 1.84. The van der Waals surface area contributed by atoms with E-state index in [-0.39, 0.29) is 0 Å². The van der Waals surface area contributed by atoms with E-state index in [1.807, 2.05) is 0 Å². The first-order valence-electron chi connectivity index (χ1n) is 8.52. The molecule has 2 rings (SSSR count). The minimum Gasteiger partial charge on any atom is -0.353 e. The number of hydrogen-bond donors (Lipinski definition) is 1. The van der Waals surface area contributed by atoms with Crippen LogP contribution in [0.3, 0.4) is 0 Å². The Labute approximate surface area is 130 Å². The van der Waals surface area contributed by atoms with Crippen molar-refractivity contribution in [1.29, 1.82) is 0 Å². The summed E-state index contributed by atoms with van der Waals surface area (Å²) in [6, 6.07) is 7.65. The average Bonchev–Trinajstić information content (AvgIpc) is 2.96. The topological polar surface area (TPSA) is 28.2 Å². The molecule has 3 heteroatoms. The Hall–Kier alpha value is -1.09. The van der Waals surface area contributed by atoms with Crippen LogP contribution in [0.15, 0.2) is 18.2 Å². The van der Waals surface area contributed by atoms with E-state index >= 15 is 0 Å². The van der Waals surface area contributed by atoms with Gasteiger partial charge in [-0.25, -0.2) is 4.98 Å². The number of pyridine rings is 1.